The van der Waals surface area contributed by atoms with Crippen molar-refractivity contribution in [2.75, 3.05) is 45.8 Å². The number of phenolic OH excluding ortho intramolecular Hbond substituents is 1. The molecule has 43 nitrogen and oxygen atoms in total. The van der Waals surface area contributed by atoms with Crippen LogP contribution in [0.1, 0.15) is 203 Å². The van der Waals surface area contributed by atoms with Crippen molar-refractivity contribution >= 4 is 118 Å². The summed E-state index contributed by atoms with van der Waals surface area (Å²) >= 11 is 0. The summed E-state index contributed by atoms with van der Waals surface area (Å²) < 4.78 is 0. The van der Waals surface area contributed by atoms with E-state index in [-0.39, 0.29) is 121 Å². The van der Waals surface area contributed by atoms with Crippen molar-refractivity contribution in [1.82, 2.24) is 88.7 Å². The lowest BCUT2D eigenvalue weighted by Gasteiger charge is -2.33. The van der Waals surface area contributed by atoms with Gasteiger partial charge < -0.3 is 121 Å². The third kappa shape index (κ3) is 33.2. The predicted octanol–water partition coefficient (Wildman–Crippen LogP) is -1.87. The van der Waals surface area contributed by atoms with Crippen molar-refractivity contribution in [2.45, 2.75) is 296 Å². The van der Waals surface area contributed by atoms with Gasteiger partial charge in [0.15, 0.2) is 5.96 Å². The van der Waals surface area contributed by atoms with E-state index in [2.05, 4.69) is 69.1 Å². The first-order valence-electron chi connectivity index (χ1n) is 46.4. The zero-order chi connectivity index (χ0) is 99.7. The first kappa shape index (κ1) is 110. The fourth-order valence-electron chi connectivity index (χ4n) is 16.6. The summed E-state index contributed by atoms with van der Waals surface area (Å²) in [5.41, 5.74) is 18.3. The number of hydrogen-bond donors (Lipinski definition) is 20. The van der Waals surface area contributed by atoms with Gasteiger partial charge >= 0.3 is 11.9 Å². The van der Waals surface area contributed by atoms with Gasteiger partial charge in [-0.05, 0) is 149 Å². The summed E-state index contributed by atoms with van der Waals surface area (Å²) in [5, 5.41) is 71.6. The molecule has 17 amide bonds. The third-order valence-corrected chi connectivity index (χ3v) is 24.7. The van der Waals surface area contributed by atoms with Crippen molar-refractivity contribution in [3.05, 3.63) is 65.7 Å². The third-order valence-electron chi connectivity index (χ3n) is 24.7. The summed E-state index contributed by atoms with van der Waals surface area (Å²) in [6.07, 6.45) is 0.796. The average molecular weight is 1880 g/mol. The molecule has 23 N–H and O–H groups in total. The second kappa shape index (κ2) is 53.3. The lowest BCUT2D eigenvalue weighted by molar-refractivity contribution is -0.144. The van der Waals surface area contributed by atoms with E-state index in [9.17, 15) is 102 Å². The highest BCUT2D eigenvalue weighted by atomic mass is 16.4. The highest BCUT2D eigenvalue weighted by Crippen LogP contribution is 2.27. The molecule has 4 aliphatic heterocycles. The van der Waals surface area contributed by atoms with E-state index < -0.39 is 265 Å². The molecule has 4 fully saturated rings. The maximum absolute atomic E-state index is 15.0. The Morgan fingerprint density at radius 1 is 0.410 bits per heavy atom. The van der Waals surface area contributed by atoms with Crippen LogP contribution in [0.15, 0.2) is 54.6 Å². The number of amides is 17. The number of nitrogens with one attached hydrogen (secondary N) is 14. The molecule has 43 heteroatoms. The van der Waals surface area contributed by atoms with Gasteiger partial charge in [0.2, 0.25) is 100 Å². The van der Waals surface area contributed by atoms with Gasteiger partial charge in [-0.2, -0.15) is 0 Å². The second-order valence-corrected chi connectivity index (χ2v) is 36.6. The number of primary amides is 1. The molecule has 0 radical (unpaired) electrons. The SMILES string of the molecule is CC[C@H](C)[C@H](NC(=O)[C@@H](NC(=O)[C@@H]1CCCN1C(=O)[C@H](Cc1ccccc1)NC(=O)[C@@H]1CCCN1C(=O)CNC(=O)[C@H](CCCNC(=N)N)NC(=O)[C@@H](NC(=O)[C@@H]1CCCN1C(=O)CNC(=O)[C@H](CC(C)C)NC(=O)[C@@H](NC(=O)[C@@H]1CCCN1C(=O)[C@H](CCC(=O)O)NC(=O)[C@H](CCC(N)=O)NC(=O)[C@@H](N)Cc1ccc(O)cc1)C(C)C)C(C)C)[C@@H](C)CC)C(=O)N[C@H](C(=O)O)C(C)C. The molecule has 742 valence electrons. The van der Waals surface area contributed by atoms with Gasteiger partial charge in [-0.15, -0.1) is 0 Å². The number of aliphatic carboxylic acids is 2. The van der Waals surface area contributed by atoms with E-state index in [4.69, 9.17) is 22.6 Å². The maximum atomic E-state index is 15.0. The van der Waals surface area contributed by atoms with Gasteiger partial charge in [-0.3, -0.25) is 91.7 Å². The first-order valence-corrected chi connectivity index (χ1v) is 46.4. The summed E-state index contributed by atoms with van der Waals surface area (Å²) in [5.74, 6) is -19.1. The van der Waals surface area contributed by atoms with E-state index in [1.54, 1.807) is 99.6 Å². The molecule has 0 spiro atoms. The van der Waals surface area contributed by atoms with Crippen LogP contribution in [0.2, 0.25) is 0 Å². The Labute approximate surface area is 781 Å². The molecule has 0 saturated carbocycles. The molecule has 2 aromatic rings. The van der Waals surface area contributed by atoms with Crippen LogP contribution in [0, 0.1) is 40.9 Å². The Bertz CT molecular complexity index is 4460. The Balaban J connectivity index is 1.08. The Hall–Kier alpha value is -12.6. The predicted molar refractivity (Wildman–Crippen MR) is 489 cm³/mol. The number of rotatable bonds is 52. The number of carboxylic acids is 2. The molecule has 2 aromatic carbocycles. The van der Waals surface area contributed by atoms with Crippen LogP contribution >= 0.6 is 0 Å². The number of phenols is 1. The van der Waals surface area contributed by atoms with E-state index >= 15 is 4.79 Å². The molecular weight excluding hydrogens is 1740 g/mol. The average Bonchev–Trinajstić information content (AvgIpc) is 1.63. The monoisotopic (exact) mass is 1880 g/mol. The molecule has 4 saturated heterocycles. The minimum Gasteiger partial charge on any atom is -0.508 e. The molecule has 4 aliphatic rings. The Kier molecular flexibility index (Phi) is 43.8. The van der Waals surface area contributed by atoms with Crippen LogP contribution in [0.25, 0.3) is 0 Å². The van der Waals surface area contributed by atoms with E-state index in [1.165, 1.54) is 39.0 Å². The minimum absolute atomic E-state index is 0.0271. The normalized spacial score (nSPS) is 18.8. The number of guanidine groups is 1. The zero-order valence-corrected chi connectivity index (χ0v) is 78.8. The van der Waals surface area contributed by atoms with Crippen molar-refractivity contribution in [3.63, 3.8) is 0 Å². The van der Waals surface area contributed by atoms with Gasteiger partial charge in [-0.25, -0.2) is 4.79 Å². The summed E-state index contributed by atoms with van der Waals surface area (Å²) in [6.45, 7) is 19.3. The number of aromatic hydroxyl groups is 1. The van der Waals surface area contributed by atoms with E-state index in [1.807, 2.05) is 13.8 Å². The maximum Gasteiger partial charge on any atom is 0.326 e. The Morgan fingerprint density at radius 2 is 0.799 bits per heavy atom. The number of nitrogens with zero attached hydrogens (tertiary/aromatic N) is 4. The second-order valence-electron chi connectivity index (χ2n) is 36.6. The largest absolute Gasteiger partial charge is 0.508 e. The first-order chi connectivity index (χ1) is 63.3. The number of hydrogen-bond acceptors (Lipinski definition) is 22. The number of carbonyl (C=O) groups is 19. The van der Waals surface area contributed by atoms with Crippen LogP contribution < -0.4 is 86.3 Å². The lowest BCUT2D eigenvalue weighted by Crippen LogP contribution is -2.61. The molecule has 0 unspecified atom stereocenters. The molecule has 0 bridgehead atoms. The quantitative estimate of drug-likeness (QED) is 0.0196. The molecule has 4 heterocycles. The summed E-state index contributed by atoms with van der Waals surface area (Å²) in [7, 11) is 0. The molecule has 134 heavy (non-hydrogen) atoms. The fourth-order valence-corrected chi connectivity index (χ4v) is 16.6. The van der Waals surface area contributed by atoms with Crippen molar-refractivity contribution in [1.29, 1.82) is 5.41 Å². The van der Waals surface area contributed by atoms with Gasteiger partial charge in [-0.1, -0.05) is 138 Å². The van der Waals surface area contributed by atoms with E-state index in [0.717, 1.165) is 4.90 Å². The van der Waals surface area contributed by atoms with Gasteiger partial charge in [0.05, 0.1) is 19.1 Å². The number of benzene rings is 2. The zero-order valence-electron chi connectivity index (χ0n) is 78.8. The van der Waals surface area contributed by atoms with Crippen LogP contribution in [-0.4, -0.2) is 290 Å². The number of carboxylic acid groups (broad SMARTS) is 2. The van der Waals surface area contributed by atoms with E-state index in [0.29, 0.717) is 43.2 Å². The van der Waals surface area contributed by atoms with Gasteiger partial charge in [0.25, 0.3) is 0 Å². The standard InChI is InChI=1S/C91H141N21O22/c1-13-52(11)74(87(130)108-75(53(12)14-2)86(129)106-73(51(9)10)90(133)134)107-83(126)66-29-22-42-112(66)89(132)62(45-54-23-16-15-17-24-54)103-80(123)63-26-19-39-109(63)68(115)46-97-77(120)58(25-18-38-96-91(94)95)100-84(127)71(49(5)6)104-81(124)64-27-20-40-110(64)69(116)47-98-78(121)61(43-48(3)4)102-85(128)72(50(7)8)105-82(125)65-28-21-41-111(65)88(131)60(35-37-70(117)118)101-79(122)59(34-36-67(93)114)99-76(119)57(92)44-55-30-32-56(113)33-31-55/h15-17,23-24,30-33,48-53,57-66,71-75,113H,13-14,18-22,25-29,34-47,92H2,1-12H3,(H2,93,114)(H,97,120)(H,98,121)(H,99,119)(H,100,127)(H,101,122)(H,102,128)(H,103,123)(H,104,124)(H,105,125)(H,106,129)(H,107,126)(H,108,130)(H,117,118)(H,133,134)(H4,94,95,96)/t52-,53-,57-,58-,59-,60-,61-,62-,63-,64-,65-,66-,71-,72-,73-,74-,75-/m0/s1. The van der Waals surface area contributed by atoms with Crippen molar-refractivity contribution in [2.24, 2.45) is 52.7 Å². The minimum atomic E-state index is -1.59. The topological polar surface area (TPSA) is 656 Å². The van der Waals surface area contributed by atoms with Crippen molar-refractivity contribution < 1.29 is 106 Å². The smallest absolute Gasteiger partial charge is 0.326 e. The highest BCUT2D eigenvalue weighted by Gasteiger charge is 2.46. The number of nitrogens with two attached hydrogens (primary N) is 3. The summed E-state index contributed by atoms with van der Waals surface area (Å²) in [4.78, 5) is 270. The lowest BCUT2D eigenvalue weighted by atomic mass is 9.94. The Morgan fingerprint density at radius 3 is 1.25 bits per heavy atom. The van der Waals surface area contributed by atoms with Gasteiger partial charge in [0.1, 0.15) is 90.3 Å². The number of likely N-dealkylation sites (tertiary alicyclic amines) is 4. The van der Waals surface area contributed by atoms with Crippen LogP contribution in [0.4, 0.5) is 0 Å². The number of carbonyl (C=O) groups excluding carboxylic acids is 17. The molecule has 0 aliphatic carbocycles. The highest BCUT2D eigenvalue weighted by molar-refractivity contribution is 6.01. The van der Waals surface area contributed by atoms with Crippen LogP contribution in [0.3, 0.4) is 0 Å². The molecular formula is C91H141N21O22. The summed E-state index contributed by atoms with van der Waals surface area (Å²) in [6, 6.07) is -4.66. The van der Waals surface area contributed by atoms with Gasteiger partial charge in [0, 0.05) is 52.0 Å². The van der Waals surface area contributed by atoms with Crippen LogP contribution in [-0.2, 0) is 104 Å². The fraction of sp³-hybridized carbons (Fsp3) is 0.648. The molecule has 17 atom stereocenters. The molecule has 6 rings (SSSR count). The molecule has 0 aromatic heterocycles. The van der Waals surface area contributed by atoms with Crippen LogP contribution in [0.5, 0.6) is 5.75 Å². The van der Waals surface area contributed by atoms with Crippen molar-refractivity contribution in [3.8, 4) is 5.75 Å².